The summed E-state index contributed by atoms with van der Waals surface area (Å²) in [7, 11) is 4.53. The van der Waals surface area contributed by atoms with Gasteiger partial charge in [-0.25, -0.2) is 0 Å². The molecule has 0 aromatic heterocycles. The number of likely N-dealkylation sites (tertiary alicyclic amines) is 1. The van der Waals surface area contributed by atoms with Crippen molar-refractivity contribution in [2.75, 3.05) is 33.7 Å². The minimum absolute atomic E-state index is 0.462. The highest BCUT2D eigenvalue weighted by Crippen LogP contribution is 2.38. The van der Waals surface area contributed by atoms with Crippen LogP contribution in [0.5, 0.6) is 0 Å². The lowest BCUT2D eigenvalue weighted by atomic mass is 9.71. The van der Waals surface area contributed by atoms with Crippen LogP contribution in [0.15, 0.2) is 0 Å². The highest BCUT2D eigenvalue weighted by atomic mass is 15.2. The summed E-state index contributed by atoms with van der Waals surface area (Å²) in [5, 5.41) is 4.04. The molecule has 2 bridgehead atoms. The van der Waals surface area contributed by atoms with E-state index in [0.29, 0.717) is 11.6 Å². The Labute approximate surface area is 131 Å². The van der Waals surface area contributed by atoms with Gasteiger partial charge in [0, 0.05) is 37.3 Å². The lowest BCUT2D eigenvalue weighted by Crippen LogP contribution is -2.63. The third-order valence-corrected chi connectivity index (χ3v) is 6.73. The zero-order valence-electron chi connectivity index (χ0n) is 14.6. The number of hydrogen-bond acceptors (Lipinski definition) is 3. The van der Waals surface area contributed by atoms with E-state index in [1.54, 1.807) is 0 Å². The summed E-state index contributed by atoms with van der Waals surface area (Å²) in [5.74, 6) is 1.78. The maximum Gasteiger partial charge on any atom is 0.0328 e. The summed E-state index contributed by atoms with van der Waals surface area (Å²) >= 11 is 0. The molecule has 3 nitrogen and oxygen atoms in total. The van der Waals surface area contributed by atoms with E-state index in [1.165, 1.54) is 58.2 Å². The van der Waals surface area contributed by atoms with E-state index in [4.69, 9.17) is 0 Å². The molecule has 0 radical (unpaired) electrons. The second-order valence-electron chi connectivity index (χ2n) is 8.38. The maximum absolute atomic E-state index is 4.04. The normalized spacial score (nSPS) is 36.0. The molecule has 1 heterocycles. The van der Waals surface area contributed by atoms with Crippen molar-refractivity contribution in [3.8, 4) is 0 Å². The lowest BCUT2D eigenvalue weighted by Gasteiger charge is -2.52. The van der Waals surface area contributed by atoms with Crippen molar-refractivity contribution in [2.45, 2.75) is 70.0 Å². The van der Waals surface area contributed by atoms with Crippen LogP contribution >= 0.6 is 0 Å². The first-order chi connectivity index (χ1) is 10.0. The quantitative estimate of drug-likeness (QED) is 0.840. The topological polar surface area (TPSA) is 18.5 Å². The van der Waals surface area contributed by atoms with Crippen LogP contribution in [0, 0.1) is 11.8 Å². The molecule has 2 atom stereocenters. The van der Waals surface area contributed by atoms with Crippen molar-refractivity contribution < 1.29 is 0 Å². The highest BCUT2D eigenvalue weighted by Gasteiger charge is 2.43. The van der Waals surface area contributed by atoms with Crippen molar-refractivity contribution in [1.82, 2.24) is 15.1 Å². The Kier molecular flexibility index (Phi) is 4.63. The fourth-order valence-corrected chi connectivity index (χ4v) is 4.90. The first kappa shape index (κ1) is 15.8. The molecule has 2 unspecified atom stereocenters. The third-order valence-electron chi connectivity index (χ3n) is 6.73. The standard InChI is InChI=1S/C18H35N3/c1-14(2)21-11-15-7-5-8-16(12-21)17(15)19-13-18(20(3)4)9-6-10-18/h14-17,19H,5-13H2,1-4H3. The van der Waals surface area contributed by atoms with Gasteiger partial charge in [-0.15, -0.1) is 0 Å². The van der Waals surface area contributed by atoms with Gasteiger partial charge in [-0.3, -0.25) is 0 Å². The van der Waals surface area contributed by atoms with E-state index in [1.807, 2.05) is 0 Å². The van der Waals surface area contributed by atoms with Crippen molar-refractivity contribution in [1.29, 1.82) is 0 Å². The van der Waals surface area contributed by atoms with Gasteiger partial charge < -0.3 is 15.1 Å². The molecule has 122 valence electrons. The van der Waals surface area contributed by atoms with Gasteiger partial charge >= 0.3 is 0 Å². The molecule has 1 saturated heterocycles. The molecular formula is C18H35N3. The van der Waals surface area contributed by atoms with Crippen LogP contribution in [0.1, 0.15) is 52.4 Å². The Hall–Kier alpha value is -0.120. The number of nitrogens with one attached hydrogen (secondary N) is 1. The third kappa shape index (κ3) is 3.02. The van der Waals surface area contributed by atoms with Gasteiger partial charge in [-0.2, -0.15) is 0 Å². The number of rotatable bonds is 5. The van der Waals surface area contributed by atoms with Crippen LogP contribution in [0.2, 0.25) is 0 Å². The number of hydrogen-bond donors (Lipinski definition) is 1. The molecule has 2 saturated carbocycles. The van der Waals surface area contributed by atoms with Crippen molar-refractivity contribution in [3.63, 3.8) is 0 Å². The summed E-state index contributed by atoms with van der Waals surface area (Å²) in [4.78, 5) is 5.19. The summed E-state index contributed by atoms with van der Waals surface area (Å²) in [6, 6.07) is 1.50. The van der Waals surface area contributed by atoms with Gasteiger partial charge in [0.15, 0.2) is 0 Å². The first-order valence-corrected chi connectivity index (χ1v) is 9.17. The summed E-state index contributed by atoms with van der Waals surface area (Å²) in [6.45, 7) is 8.57. The molecule has 0 spiro atoms. The maximum atomic E-state index is 4.04. The molecule has 0 aromatic rings. The molecule has 3 rings (SSSR count). The minimum Gasteiger partial charge on any atom is -0.311 e. The van der Waals surface area contributed by atoms with E-state index in [2.05, 4.69) is 43.1 Å². The fraction of sp³-hybridized carbons (Fsp3) is 1.00. The molecule has 3 heteroatoms. The fourth-order valence-electron chi connectivity index (χ4n) is 4.90. The van der Waals surface area contributed by atoms with E-state index in [-0.39, 0.29) is 0 Å². The van der Waals surface area contributed by atoms with Crippen LogP contribution in [-0.2, 0) is 0 Å². The Morgan fingerprint density at radius 2 is 1.71 bits per heavy atom. The SMILES string of the molecule is CC(C)N1CC2CCCC(C1)C2NCC1(N(C)C)CCC1. The van der Waals surface area contributed by atoms with E-state index in [9.17, 15) is 0 Å². The second-order valence-corrected chi connectivity index (χ2v) is 8.38. The van der Waals surface area contributed by atoms with Crippen molar-refractivity contribution in [2.24, 2.45) is 11.8 Å². The van der Waals surface area contributed by atoms with E-state index >= 15 is 0 Å². The molecule has 2 aliphatic carbocycles. The van der Waals surface area contributed by atoms with Crippen LogP contribution in [0.4, 0.5) is 0 Å². The van der Waals surface area contributed by atoms with E-state index in [0.717, 1.165) is 17.9 Å². The van der Waals surface area contributed by atoms with Gasteiger partial charge in [0.25, 0.3) is 0 Å². The van der Waals surface area contributed by atoms with Gasteiger partial charge in [0.1, 0.15) is 0 Å². The predicted octanol–water partition coefficient (Wildman–Crippen LogP) is 2.57. The lowest BCUT2D eigenvalue weighted by molar-refractivity contribution is 0.00831. The number of fused-ring (bicyclic) bond motifs is 2. The monoisotopic (exact) mass is 293 g/mol. The molecule has 21 heavy (non-hydrogen) atoms. The summed E-state index contributed by atoms with van der Waals surface area (Å²) in [6.07, 6.45) is 8.51. The molecular weight excluding hydrogens is 258 g/mol. The second kappa shape index (κ2) is 6.17. The average molecular weight is 293 g/mol. The zero-order chi connectivity index (χ0) is 15.0. The number of likely N-dealkylation sites (N-methyl/N-ethyl adjacent to an activating group) is 1. The average Bonchev–Trinajstić information content (AvgIpc) is 2.35. The van der Waals surface area contributed by atoms with Gasteiger partial charge in [-0.1, -0.05) is 6.42 Å². The number of piperidine rings is 1. The molecule has 3 fully saturated rings. The van der Waals surface area contributed by atoms with Crippen molar-refractivity contribution in [3.05, 3.63) is 0 Å². The van der Waals surface area contributed by atoms with Gasteiger partial charge in [0.05, 0.1) is 0 Å². The molecule has 0 aromatic carbocycles. The van der Waals surface area contributed by atoms with Crippen LogP contribution in [0.25, 0.3) is 0 Å². The van der Waals surface area contributed by atoms with Crippen molar-refractivity contribution >= 4 is 0 Å². The molecule has 3 aliphatic rings. The van der Waals surface area contributed by atoms with Crippen LogP contribution < -0.4 is 5.32 Å². The zero-order valence-corrected chi connectivity index (χ0v) is 14.6. The molecule has 1 aliphatic heterocycles. The number of nitrogens with zero attached hydrogens (tertiary/aromatic N) is 2. The summed E-state index contributed by atoms with van der Waals surface area (Å²) < 4.78 is 0. The predicted molar refractivity (Wildman–Crippen MR) is 89.6 cm³/mol. The first-order valence-electron chi connectivity index (χ1n) is 9.17. The molecule has 0 amide bonds. The Bertz CT molecular complexity index is 334. The van der Waals surface area contributed by atoms with Crippen LogP contribution in [0.3, 0.4) is 0 Å². The Morgan fingerprint density at radius 3 is 2.14 bits per heavy atom. The van der Waals surface area contributed by atoms with Crippen LogP contribution in [-0.4, -0.2) is 61.2 Å². The Morgan fingerprint density at radius 1 is 1.10 bits per heavy atom. The van der Waals surface area contributed by atoms with Gasteiger partial charge in [0.2, 0.25) is 0 Å². The largest absolute Gasteiger partial charge is 0.311 e. The smallest absolute Gasteiger partial charge is 0.0328 e. The molecule has 1 N–H and O–H groups in total. The van der Waals surface area contributed by atoms with E-state index < -0.39 is 0 Å². The summed E-state index contributed by atoms with van der Waals surface area (Å²) in [5.41, 5.74) is 0.462. The minimum atomic E-state index is 0.462. The highest BCUT2D eigenvalue weighted by molar-refractivity contribution is 5.01. The van der Waals surface area contributed by atoms with Gasteiger partial charge in [-0.05, 0) is 71.9 Å². The Balaban J connectivity index is 1.60.